The number of fused-ring (bicyclic) bond motifs is 1. The van der Waals surface area contributed by atoms with Gasteiger partial charge in [0.05, 0.1) is 11.2 Å². The maximum absolute atomic E-state index is 6.00. The normalized spacial score (nSPS) is 12.0. The zero-order chi connectivity index (χ0) is 18.8. The number of hydrogen-bond acceptors (Lipinski definition) is 7. The van der Waals surface area contributed by atoms with Crippen molar-refractivity contribution in [1.82, 2.24) is 19.9 Å². The highest BCUT2D eigenvalue weighted by atomic mass is 16.5. The first kappa shape index (κ1) is 16.7. The summed E-state index contributed by atoms with van der Waals surface area (Å²) >= 11 is 0. The molecule has 0 spiro atoms. The van der Waals surface area contributed by atoms with Crippen LogP contribution in [0.2, 0.25) is 0 Å². The molecule has 0 aliphatic carbocycles. The van der Waals surface area contributed by atoms with Crippen LogP contribution in [-0.2, 0) is 0 Å². The Bertz CT molecular complexity index is 1100. The number of ether oxygens (including phenoxy) is 1. The molecule has 27 heavy (non-hydrogen) atoms. The number of benzene rings is 1. The molecule has 0 aliphatic rings. The summed E-state index contributed by atoms with van der Waals surface area (Å²) in [6.07, 6.45) is 4.52. The SMILES string of the molecule is C[C@@H](Oc1ncnc(N)c1N)c1cnc2ccccc2c1-c1ccccn1. The van der Waals surface area contributed by atoms with E-state index < -0.39 is 0 Å². The molecule has 0 radical (unpaired) electrons. The maximum atomic E-state index is 6.00. The lowest BCUT2D eigenvalue weighted by Crippen LogP contribution is -2.10. The lowest BCUT2D eigenvalue weighted by atomic mass is 9.97. The van der Waals surface area contributed by atoms with Crippen molar-refractivity contribution in [2.24, 2.45) is 0 Å². The first-order chi connectivity index (χ1) is 13.1. The van der Waals surface area contributed by atoms with Gasteiger partial charge in [0.25, 0.3) is 0 Å². The summed E-state index contributed by atoms with van der Waals surface area (Å²) in [5, 5.41) is 0.999. The maximum Gasteiger partial charge on any atom is 0.243 e. The van der Waals surface area contributed by atoms with Crippen molar-refractivity contribution in [3.8, 4) is 17.1 Å². The molecule has 4 N–H and O–H groups in total. The molecule has 0 amide bonds. The van der Waals surface area contributed by atoms with Crippen LogP contribution in [-0.4, -0.2) is 19.9 Å². The van der Waals surface area contributed by atoms with Gasteiger partial charge in [-0.15, -0.1) is 0 Å². The van der Waals surface area contributed by atoms with Crippen molar-refractivity contribution < 1.29 is 4.74 Å². The Labute approximate surface area is 156 Å². The molecule has 0 aliphatic heterocycles. The van der Waals surface area contributed by atoms with Gasteiger partial charge in [-0.3, -0.25) is 9.97 Å². The Morgan fingerprint density at radius 1 is 0.926 bits per heavy atom. The van der Waals surface area contributed by atoms with E-state index in [9.17, 15) is 0 Å². The molecule has 0 fully saturated rings. The molecule has 1 atom stereocenters. The zero-order valence-electron chi connectivity index (χ0n) is 14.7. The van der Waals surface area contributed by atoms with E-state index in [1.54, 1.807) is 12.4 Å². The van der Waals surface area contributed by atoms with Gasteiger partial charge in [0.15, 0.2) is 5.82 Å². The summed E-state index contributed by atoms with van der Waals surface area (Å²) in [7, 11) is 0. The molecule has 3 aromatic heterocycles. The number of rotatable bonds is 4. The number of hydrogen-bond donors (Lipinski definition) is 2. The van der Waals surface area contributed by atoms with Gasteiger partial charge in [0.1, 0.15) is 18.1 Å². The average Bonchev–Trinajstić information content (AvgIpc) is 2.71. The molecule has 0 saturated heterocycles. The minimum absolute atomic E-state index is 0.189. The minimum atomic E-state index is -0.379. The van der Waals surface area contributed by atoms with Gasteiger partial charge in [0.2, 0.25) is 5.88 Å². The molecular weight excluding hydrogens is 340 g/mol. The highest BCUT2D eigenvalue weighted by molar-refractivity contribution is 5.95. The van der Waals surface area contributed by atoms with Gasteiger partial charge >= 0.3 is 0 Å². The number of anilines is 2. The largest absolute Gasteiger partial charge is 0.468 e. The number of aromatic nitrogens is 4. The molecule has 7 heteroatoms. The number of pyridine rings is 2. The smallest absolute Gasteiger partial charge is 0.243 e. The Balaban J connectivity index is 1.85. The third-order valence-electron chi connectivity index (χ3n) is 4.33. The Morgan fingerprint density at radius 3 is 2.56 bits per heavy atom. The van der Waals surface area contributed by atoms with Crippen molar-refractivity contribution in [2.75, 3.05) is 11.5 Å². The molecule has 4 aromatic rings. The van der Waals surface area contributed by atoms with Crippen LogP contribution < -0.4 is 16.2 Å². The first-order valence-electron chi connectivity index (χ1n) is 8.47. The van der Waals surface area contributed by atoms with E-state index in [2.05, 4.69) is 19.9 Å². The average molecular weight is 358 g/mol. The number of para-hydroxylation sites is 1. The summed E-state index contributed by atoms with van der Waals surface area (Å²) < 4.78 is 6.00. The topological polar surface area (TPSA) is 113 Å². The van der Waals surface area contributed by atoms with E-state index >= 15 is 0 Å². The highest BCUT2D eigenvalue weighted by Gasteiger charge is 2.20. The van der Waals surface area contributed by atoms with Gasteiger partial charge in [-0.2, -0.15) is 4.98 Å². The Morgan fingerprint density at radius 2 is 1.74 bits per heavy atom. The van der Waals surface area contributed by atoms with E-state index in [0.29, 0.717) is 0 Å². The van der Waals surface area contributed by atoms with E-state index in [1.165, 1.54) is 6.33 Å². The number of nitrogens with two attached hydrogens (primary N) is 2. The molecule has 0 unspecified atom stereocenters. The van der Waals surface area contributed by atoms with Crippen molar-refractivity contribution >= 4 is 22.4 Å². The first-order valence-corrected chi connectivity index (χ1v) is 8.47. The van der Waals surface area contributed by atoms with Gasteiger partial charge in [-0.05, 0) is 25.1 Å². The second-order valence-electron chi connectivity index (χ2n) is 6.06. The third-order valence-corrected chi connectivity index (χ3v) is 4.33. The van der Waals surface area contributed by atoms with Crippen LogP contribution in [0.25, 0.3) is 22.2 Å². The molecular formula is C20H18N6O. The van der Waals surface area contributed by atoms with Gasteiger partial charge in [-0.25, -0.2) is 4.98 Å². The van der Waals surface area contributed by atoms with Gasteiger partial charge in [0, 0.05) is 28.9 Å². The number of nitrogen functional groups attached to an aromatic ring is 2. The fraction of sp³-hybridized carbons (Fsp3) is 0.100. The van der Waals surface area contributed by atoms with E-state index in [-0.39, 0.29) is 23.5 Å². The molecule has 4 rings (SSSR count). The fourth-order valence-corrected chi connectivity index (χ4v) is 2.98. The monoisotopic (exact) mass is 358 g/mol. The molecule has 0 bridgehead atoms. The van der Waals surface area contributed by atoms with Crippen LogP contribution in [0, 0.1) is 0 Å². The summed E-state index contributed by atoms with van der Waals surface area (Å²) in [6.45, 7) is 1.91. The third kappa shape index (κ3) is 3.10. The van der Waals surface area contributed by atoms with E-state index in [1.807, 2.05) is 49.4 Å². The number of nitrogens with zero attached hydrogens (tertiary/aromatic N) is 4. The summed E-state index contributed by atoms with van der Waals surface area (Å²) in [4.78, 5) is 17.1. The molecule has 3 heterocycles. The van der Waals surface area contributed by atoms with Crippen molar-refractivity contribution in [1.29, 1.82) is 0 Å². The summed E-state index contributed by atoms with van der Waals surface area (Å²) in [6, 6.07) is 13.7. The van der Waals surface area contributed by atoms with E-state index in [4.69, 9.17) is 16.2 Å². The van der Waals surface area contributed by atoms with Crippen molar-refractivity contribution in [3.63, 3.8) is 0 Å². The summed E-state index contributed by atoms with van der Waals surface area (Å²) in [5.41, 5.74) is 15.5. The Hall–Kier alpha value is -3.74. The van der Waals surface area contributed by atoms with Gasteiger partial charge in [-0.1, -0.05) is 24.3 Å². The fourth-order valence-electron chi connectivity index (χ4n) is 2.98. The Kier molecular flexibility index (Phi) is 4.25. The second kappa shape index (κ2) is 6.87. The lowest BCUT2D eigenvalue weighted by molar-refractivity contribution is 0.219. The predicted octanol–water partition coefficient (Wildman–Crippen LogP) is 3.39. The van der Waals surface area contributed by atoms with Crippen LogP contribution in [0.1, 0.15) is 18.6 Å². The minimum Gasteiger partial charge on any atom is -0.468 e. The molecule has 7 nitrogen and oxygen atoms in total. The molecule has 0 saturated carbocycles. The predicted molar refractivity (Wildman–Crippen MR) is 105 cm³/mol. The van der Waals surface area contributed by atoms with Crippen molar-refractivity contribution in [2.45, 2.75) is 13.0 Å². The van der Waals surface area contributed by atoms with E-state index in [0.717, 1.165) is 27.7 Å². The lowest BCUT2D eigenvalue weighted by Gasteiger charge is -2.19. The quantitative estimate of drug-likeness (QED) is 0.575. The molecule has 134 valence electrons. The molecule has 1 aromatic carbocycles. The van der Waals surface area contributed by atoms with Crippen LogP contribution >= 0.6 is 0 Å². The highest BCUT2D eigenvalue weighted by Crippen LogP contribution is 2.35. The van der Waals surface area contributed by atoms with Crippen LogP contribution in [0.3, 0.4) is 0 Å². The van der Waals surface area contributed by atoms with Crippen LogP contribution in [0.5, 0.6) is 5.88 Å². The zero-order valence-corrected chi connectivity index (χ0v) is 14.7. The van der Waals surface area contributed by atoms with Crippen molar-refractivity contribution in [3.05, 3.63) is 66.7 Å². The van der Waals surface area contributed by atoms with Crippen LogP contribution in [0.15, 0.2) is 61.2 Å². The van der Waals surface area contributed by atoms with Gasteiger partial charge < -0.3 is 16.2 Å². The second-order valence-corrected chi connectivity index (χ2v) is 6.06. The summed E-state index contributed by atoms with van der Waals surface area (Å²) in [5.74, 6) is 0.434. The van der Waals surface area contributed by atoms with Crippen LogP contribution in [0.4, 0.5) is 11.5 Å². The standard InChI is InChI=1S/C20H18N6O/c1-12(27-20-18(21)19(22)25-11-26-20)14-10-24-15-7-3-2-6-13(15)17(14)16-8-4-5-9-23-16/h2-12H,21H2,1H3,(H2,22,25,26)/t12-/m1/s1.